The van der Waals surface area contributed by atoms with Crippen molar-refractivity contribution in [3.8, 4) is 0 Å². The Balaban J connectivity index is 2.38. The first kappa shape index (κ1) is 18.2. The Hall–Kier alpha value is -1.56. The van der Waals surface area contributed by atoms with Crippen molar-refractivity contribution in [3.05, 3.63) is 32.9 Å². The molecule has 13 heteroatoms. The number of nitrogens with zero attached hydrogens (tertiary/aromatic N) is 4. The summed E-state index contributed by atoms with van der Waals surface area (Å²) < 4.78 is 64.6. The summed E-state index contributed by atoms with van der Waals surface area (Å²) in [6, 6.07) is 2.21. The Morgan fingerprint density at radius 3 is 2.08 bits per heavy atom. The summed E-state index contributed by atoms with van der Waals surface area (Å²) in [6.45, 7) is 1.47. The number of alkyl halides is 3. The van der Waals surface area contributed by atoms with Gasteiger partial charge in [-0.1, -0.05) is 34.5 Å². The van der Waals surface area contributed by atoms with E-state index in [1.54, 1.807) is 0 Å². The fraction of sp³-hybridized carbons (Fsp3) is 0.167. The molecule has 6 nitrogen and oxygen atoms in total. The number of aromatic nitrogens is 4. The fourth-order valence-corrected chi connectivity index (χ4v) is 4.59. The number of benzene rings is 1. The smallest absolute Gasteiger partial charge is 0.239 e. The van der Waals surface area contributed by atoms with Crippen molar-refractivity contribution in [2.24, 2.45) is 0 Å². The molecule has 0 unspecified atom stereocenters. The van der Waals surface area contributed by atoms with Crippen molar-refractivity contribution in [3.63, 3.8) is 0 Å². The van der Waals surface area contributed by atoms with E-state index >= 15 is 0 Å². The average Bonchev–Trinajstić information content (AvgIpc) is 2.93. The quantitative estimate of drug-likeness (QED) is 0.614. The molecule has 25 heavy (non-hydrogen) atoms. The Morgan fingerprint density at radius 2 is 1.60 bits per heavy atom. The number of rotatable bonds is 2. The summed E-state index contributed by atoms with van der Waals surface area (Å²) >= 11 is 12.2. The van der Waals surface area contributed by atoms with Crippen molar-refractivity contribution in [2.75, 3.05) is 0 Å². The van der Waals surface area contributed by atoms with Crippen LogP contribution in [0.15, 0.2) is 21.5 Å². The van der Waals surface area contributed by atoms with Gasteiger partial charge >= 0.3 is 6.18 Å². The van der Waals surface area contributed by atoms with E-state index in [2.05, 4.69) is 20.2 Å². The van der Waals surface area contributed by atoms with Gasteiger partial charge in [0.25, 0.3) is 9.84 Å². The second-order valence-electron chi connectivity index (χ2n) is 4.72. The normalized spacial score (nSPS) is 12.7. The molecule has 0 aliphatic rings. The summed E-state index contributed by atoms with van der Waals surface area (Å²) in [5.74, 6) is 0. The van der Waals surface area contributed by atoms with Crippen LogP contribution >= 0.6 is 34.5 Å². The highest BCUT2D eigenvalue weighted by Crippen LogP contribution is 2.37. The first-order valence-electron chi connectivity index (χ1n) is 6.29. The van der Waals surface area contributed by atoms with Gasteiger partial charge in [0, 0.05) is 0 Å². The molecule has 0 saturated carbocycles. The van der Waals surface area contributed by atoms with Gasteiger partial charge in [0.15, 0.2) is 10.7 Å². The predicted octanol–water partition coefficient (Wildman–Crippen LogP) is 3.95. The Kier molecular flexibility index (Phi) is 4.38. The van der Waals surface area contributed by atoms with E-state index in [0.717, 1.165) is 12.1 Å². The average molecular weight is 429 g/mol. The molecule has 0 saturated heterocycles. The van der Waals surface area contributed by atoms with Crippen LogP contribution in [0, 0.1) is 6.92 Å². The SMILES string of the molecule is Cc1nnc(S(=O)(=O)c2nc3cc(Cl)c(Cl)cc3nc2C(F)(F)F)s1. The second kappa shape index (κ2) is 6.01. The zero-order valence-corrected chi connectivity index (χ0v) is 15.1. The molecule has 1 aromatic carbocycles. The highest BCUT2D eigenvalue weighted by atomic mass is 35.5. The van der Waals surface area contributed by atoms with E-state index in [9.17, 15) is 21.6 Å². The maximum absolute atomic E-state index is 13.3. The summed E-state index contributed by atoms with van der Waals surface area (Å²) in [4.78, 5) is 7.02. The van der Waals surface area contributed by atoms with E-state index in [4.69, 9.17) is 23.2 Å². The molecule has 2 aromatic heterocycles. The minimum atomic E-state index is -5.06. The monoisotopic (exact) mass is 428 g/mol. The molecule has 0 amide bonds. The van der Waals surface area contributed by atoms with E-state index in [0.29, 0.717) is 11.3 Å². The fourth-order valence-electron chi connectivity index (χ4n) is 1.88. The number of hydrogen-bond donors (Lipinski definition) is 0. The molecule has 0 aliphatic carbocycles. The Morgan fingerprint density at radius 1 is 1.04 bits per heavy atom. The lowest BCUT2D eigenvalue weighted by molar-refractivity contribution is -0.143. The van der Waals surface area contributed by atoms with Gasteiger partial charge in [-0.05, 0) is 19.1 Å². The van der Waals surface area contributed by atoms with Gasteiger partial charge in [-0.15, -0.1) is 10.2 Å². The van der Waals surface area contributed by atoms with E-state index < -0.39 is 31.1 Å². The summed E-state index contributed by atoms with van der Waals surface area (Å²) in [5, 5.41) is 5.88. The molecule has 0 radical (unpaired) electrons. The topological polar surface area (TPSA) is 85.7 Å². The predicted molar refractivity (Wildman–Crippen MR) is 84.7 cm³/mol. The van der Waals surface area contributed by atoms with Crippen molar-refractivity contribution in [1.82, 2.24) is 20.2 Å². The Labute approximate surface area is 152 Å². The second-order valence-corrected chi connectivity index (χ2v) is 8.76. The largest absolute Gasteiger partial charge is 0.436 e. The van der Waals surface area contributed by atoms with Crippen LogP contribution in [0.1, 0.15) is 10.7 Å². The standard InChI is InChI=1S/C12H5Cl2F3N4O2S2/c1-4-20-21-11(24-4)25(22,23)10-9(12(15,16)17)18-7-2-5(13)6(14)3-8(7)19-10/h2-3H,1H3. The van der Waals surface area contributed by atoms with Gasteiger partial charge in [0.2, 0.25) is 4.34 Å². The van der Waals surface area contributed by atoms with Crippen molar-refractivity contribution in [1.29, 1.82) is 0 Å². The maximum atomic E-state index is 13.3. The summed E-state index contributed by atoms with van der Waals surface area (Å²) in [5.41, 5.74) is -2.05. The van der Waals surface area contributed by atoms with E-state index in [1.807, 2.05) is 0 Å². The van der Waals surface area contributed by atoms with Gasteiger partial charge in [-0.25, -0.2) is 18.4 Å². The number of halogens is 5. The number of aryl methyl sites for hydroxylation is 1. The number of hydrogen-bond acceptors (Lipinski definition) is 7. The van der Waals surface area contributed by atoms with Crippen LogP contribution in [-0.2, 0) is 16.0 Å². The van der Waals surface area contributed by atoms with E-state index in [1.165, 1.54) is 6.92 Å². The van der Waals surface area contributed by atoms with Crippen LogP contribution < -0.4 is 0 Å². The molecule has 0 bridgehead atoms. The van der Waals surface area contributed by atoms with Crippen LogP contribution in [0.25, 0.3) is 11.0 Å². The van der Waals surface area contributed by atoms with Crippen LogP contribution in [0.4, 0.5) is 13.2 Å². The molecular formula is C12H5Cl2F3N4O2S2. The van der Waals surface area contributed by atoms with Gasteiger partial charge in [-0.2, -0.15) is 13.2 Å². The first-order chi connectivity index (χ1) is 11.5. The highest BCUT2D eigenvalue weighted by Gasteiger charge is 2.42. The molecule has 132 valence electrons. The van der Waals surface area contributed by atoms with Crippen LogP contribution in [0.5, 0.6) is 0 Å². The molecule has 0 fully saturated rings. The zero-order chi connectivity index (χ0) is 18.6. The van der Waals surface area contributed by atoms with E-state index in [-0.39, 0.29) is 26.1 Å². The Bertz CT molecular complexity index is 1100. The third-order valence-electron chi connectivity index (χ3n) is 2.93. The number of fused-ring (bicyclic) bond motifs is 1. The molecule has 0 atom stereocenters. The molecular weight excluding hydrogens is 424 g/mol. The van der Waals surface area contributed by atoms with Crippen LogP contribution in [-0.4, -0.2) is 28.6 Å². The lowest BCUT2D eigenvalue weighted by atomic mass is 10.3. The minimum absolute atomic E-state index is 0.00154. The van der Waals surface area contributed by atoms with Crippen LogP contribution in [0.3, 0.4) is 0 Å². The molecule has 0 N–H and O–H groups in total. The lowest BCUT2D eigenvalue weighted by Crippen LogP contribution is -2.18. The molecule has 3 aromatic rings. The highest BCUT2D eigenvalue weighted by molar-refractivity contribution is 7.93. The molecule has 0 aliphatic heterocycles. The summed E-state index contributed by atoms with van der Waals surface area (Å²) in [6.07, 6.45) is -5.06. The van der Waals surface area contributed by atoms with Gasteiger partial charge in [0.1, 0.15) is 5.01 Å². The van der Waals surface area contributed by atoms with Crippen molar-refractivity contribution < 1.29 is 21.6 Å². The molecule has 3 rings (SSSR count). The number of sulfone groups is 1. The molecule has 0 spiro atoms. The summed E-state index contributed by atoms with van der Waals surface area (Å²) in [7, 11) is -4.67. The van der Waals surface area contributed by atoms with Crippen LogP contribution in [0.2, 0.25) is 10.0 Å². The zero-order valence-electron chi connectivity index (χ0n) is 12.0. The maximum Gasteiger partial charge on any atom is 0.436 e. The first-order valence-corrected chi connectivity index (χ1v) is 9.35. The van der Waals surface area contributed by atoms with Gasteiger partial charge in [0.05, 0.1) is 21.1 Å². The molecule has 2 heterocycles. The third kappa shape index (κ3) is 3.28. The van der Waals surface area contributed by atoms with Gasteiger partial charge in [-0.3, -0.25) is 0 Å². The minimum Gasteiger partial charge on any atom is -0.239 e. The lowest BCUT2D eigenvalue weighted by Gasteiger charge is -2.12. The van der Waals surface area contributed by atoms with Gasteiger partial charge < -0.3 is 0 Å². The van der Waals surface area contributed by atoms with Crippen molar-refractivity contribution in [2.45, 2.75) is 22.5 Å². The third-order valence-corrected chi connectivity index (χ3v) is 6.53. The van der Waals surface area contributed by atoms with Crippen molar-refractivity contribution >= 4 is 55.4 Å².